The van der Waals surface area contributed by atoms with Crippen molar-refractivity contribution in [2.45, 2.75) is 38.0 Å². The summed E-state index contributed by atoms with van der Waals surface area (Å²) < 4.78 is 0. The highest BCUT2D eigenvalue weighted by atomic mass is 16.4. The van der Waals surface area contributed by atoms with E-state index in [1.807, 2.05) is 6.92 Å². The van der Waals surface area contributed by atoms with Gasteiger partial charge < -0.3 is 10.0 Å². The average molecular weight is 261 g/mol. The van der Waals surface area contributed by atoms with Crippen LogP contribution in [0.25, 0.3) is 0 Å². The van der Waals surface area contributed by atoms with Gasteiger partial charge >= 0.3 is 5.97 Å². The van der Waals surface area contributed by atoms with E-state index in [0.29, 0.717) is 5.92 Å². The van der Waals surface area contributed by atoms with Gasteiger partial charge in [0.15, 0.2) is 0 Å². The fourth-order valence-corrected chi connectivity index (χ4v) is 2.91. The van der Waals surface area contributed by atoms with Crippen molar-refractivity contribution in [2.24, 2.45) is 0 Å². The van der Waals surface area contributed by atoms with Gasteiger partial charge in [-0.2, -0.15) is 0 Å². The summed E-state index contributed by atoms with van der Waals surface area (Å²) in [5.74, 6) is -0.0198. The third kappa shape index (κ3) is 3.80. The highest BCUT2D eigenvalue weighted by Crippen LogP contribution is 2.28. The molecule has 3 nitrogen and oxygen atoms in total. The predicted octanol–water partition coefficient (Wildman–Crippen LogP) is 3.07. The van der Waals surface area contributed by atoms with Gasteiger partial charge in [0.05, 0.1) is 6.42 Å². The second-order valence-electron chi connectivity index (χ2n) is 5.77. The van der Waals surface area contributed by atoms with Gasteiger partial charge in [0, 0.05) is 6.54 Å². The van der Waals surface area contributed by atoms with Crippen LogP contribution in [-0.4, -0.2) is 36.1 Å². The Morgan fingerprint density at radius 1 is 1.42 bits per heavy atom. The topological polar surface area (TPSA) is 40.5 Å². The monoisotopic (exact) mass is 261 g/mol. The Morgan fingerprint density at radius 3 is 2.68 bits per heavy atom. The van der Waals surface area contributed by atoms with Gasteiger partial charge in [-0.15, -0.1) is 0 Å². The fraction of sp³-hybridized carbons (Fsp3) is 0.562. The van der Waals surface area contributed by atoms with Crippen LogP contribution in [0.3, 0.4) is 0 Å². The van der Waals surface area contributed by atoms with Crippen molar-refractivity contribution in [2.75, 3.05) is 20.1 Å². The number of hydrogen-bond donors (Lipinski definition) is 1. The highest BCUT2D eigenvalue weighted by Gasteiger charge is 2.19. The highest BCUT2D eigenvalue weighted by molar-refractivity contribution is 5.67. The van der Waals surface area contributed by atoms with Crippen molar-refractivity contribution < 1.29 is 9.90 Å². The molecule has 1 N–H and O–H groups in total. The number of benzene rings is 1. The van der Waals surface area contributed by atoms with Gasteiger partial charge in [0.2, 0.25) is 0 Å². The SMILES string of the molecule is CC(CC(=O)O)c1ccc(C2CCCN(C)C2)cc1. The molecule has 0 bridgehead atoms. The van der Waals surface area contributed by atoms with E-state index < -0.39 is 5.97 Å². The van der Waals surface area contributed by atoms with E-state index in [4.69, 9.17) is 5.11 Å². The Morgan fingerprint density at radius 2 is 2.11 bits per heavy atom. The third-order valence-corrected chi connectivity index (χ3v) is 4.08. The van der Waals surface area contributed by atoms with Crippen molar-refractivity contribution in [1.82, 2.24) is 4.90 Å². The first-order chi connectivity index (χ1) is 9.06. The Labute approximate surface area is 115 Å². The number of hydrogen-bond acceptors (Lipinski definition) is 2. The first kappa shape index (κ1) is 14.1. The number of aliphatic carboxylic acids is 1. The molecule has 1 aromatic rings. The zero-order chi connectivity index (χ0) is 13.8. The van der Waals surface area contributed by atoms with Gasteiger partial charge in [-0.05, 0) is 49.4 Å². The lowest BCUT2D eigenvalue weighted by atomic mass is 9.88. The molecule has 0 aliphatic carbocycles. The fourth-order valence-electron chi connectivity index (χ4n) is 2.91. The summed E-state index contributed by atoms with van der Waals surface area (Å²) in [5.41, 5.74) is 2.51. The molecule has 0 amide bonds. The minimum atomic E-state index is -0.731. The van der Waals surface area contributed by atoms with Crippen molar-refractivity contribution >= 4 is 5.97 Å². The molecule has 1 fully saturated rings. The Bertz CT molecular complexity index is 427. The molecule has 2 unspecified atom stereocenters. The maximum absolute atomic E-state index is 10.7. The number of carbonyl (C=O) groups is 1. The first-order valence-corrected chi connectivity index (χ1v) is 7.06. The predicted molar refractivity (Wildman–Crippen MR) is 76.6 cm³/mol. The van der Waals surface area contributed by atoms with Crippen molar-refractivity contribution in [3.05, 3.63) is 35.4 Å². The van der Waals surface area contributed by atoms with Crippen LogP contribution in [0.1, 0.15) is 49.1 Å². The van der Waals surface area contributed by atoms with Gasteiger partial charge in [-0.1, -0.05) is 31.2 Å². The van der Waals surface area contributed by atoms with E-state index in [1.54, 1.807) is 0 Å². The molecule has 0 radical (unpaired) electrons. The molecule has 3 heteroatoms. The maximum atomic E-state index is 10.7. The second kappa shape index (κ2) is 6.20. The van der Waals surface area contributed by atoms with Crippen LogP contribution in [0, 0.1) is 0 Å². The van der Waals surface area contributed by atoms with Crippen LogP contribution < -0.4 is 0 Å². The van der Waals surface area contributed by atoms with Crippen LogP contribution in [0.5, 0.6) is 0 Å². The lowest BCUT2D eigenvalue weighted by molar-refractivity contribution is -0.137. The molecule has 0 aromatic heterocycles. The van der Waals surface area contributed by atoms with Crippen LogP contribution in [0.2, 0.25) is 0 Å². The largest absolute Gasteiger partial charge is 0.481 e. The normalized spacial score (nSPS) is 22.1. The van der Waals surface area contributed by atoms with E-state index in [0.717, 1.165) is 12.1 Å². The minimum Gasteiger partial charge on any atom is -0.481 e. The van der Waals surface area contributed by atoms with Gasteiger partial charge in [-0.3, -0.25) is 4.79 Å². The van der Waals surface area contributed by atoms with Crippen molar-refractivity contribution in [1.29, 1.82) is 0 Å². The smallest absolute Gasteiger partial charge is 0.303 e. The summed E-state index contributed by atoms with van der Waals surface area (Å²) in [6, 6.07) is 8.55. The summed E-state index contributed by atoms with van der Waals surface area (Å²) in [4.78, 5) is 13.1. The third-order valence-electron chi connectivity index (χ3n) is 4.08. The van der Waals surface area contributed by atoms with Gasteiger partial charge in [0.1, 0.15) is 0 Å². The van der Waals surface area contributed by atoms with Gasteiger partial charge in [-0.25, -0.2) is 0 Å². The Kier molecular flexibility index (Phi) is 4.59. The number of nitrogens with zero attached hydrogens (tertiary/aromatic N) is 1. The lowest BCUT2D eigenvalue weighted by Crippen LogP contribution is -2.30. The van der Waals surface area contributed by atoms with Crippen molar-refractivity contribution in [3.8, 4) is 0 Å². The zero-order valence-electron chi connectivity index (χ0n) is 11.8. The quantitative estimate of drug-likeness (QED) is 0.905. The summed E-state index contributed by atoms with van der Waals surface area (Å²) >= 11 is 0. The number of likely N-dealkylation sites (tertiary alicyclic amines) is 1. The summed E-state index contributed by atoms with van der Waals surface area (Å²) in [6.07, 6.45) is 2.72. The minimum absolute atomic E-state index is 0.0839. The standard InChI is InChI=1S/C16H23NO2/c1-12(10-16(18)19)13-5-7-14(8-6-13)15-4-3-9-17(2)11-15/h5-8,12,15H,3-4,9-11H2,1-2H3,(H,18,19). The van der Waals surface area contributed by atoms with Gasteiger partial charge in [0.25, 0.3) is 0 Å². The molecule has 1 aliphatic rings. The molecule has 0 spiro atoms. The first-order valence-electron chi connectivity index (χ1n) is 7.06. The molecular weight excluding hydrogens is 238 g/mol. The zero-order valence-corrected chi connectivity index (χ0v) is 11.8. The molecule has 1 aromatic carbocycles. The van der Waals surface area contributed by atoms with E-state index in [1.165, 1.54) is 24.9 Å². The molecule has 2 atom stereocenters. The number of piperidine rings is 1. The summed E-state index contributed by atoms with van der Waals surface area (Å²) in [6.45, 7) is 4.30. The summed E-state index contributed by atoms with van der Waals surface area (Å²) in [5, 5.41) is 8.83. The van der Waals surface area contributed by atoms with E-state index >= 15 is 0 Å². The molecule has 1 aliphatic heterocycles. The lowest BCUT2D eigenvalue weighted by Gasteiger charge is -2.30. The van der Waals surface area contributed by atoms with E-state index in [9.17, 15) is 4.79 Å². The molecular formula is C16H23NO2. The average Bonchev–Trinajstić information content (AvgIpc) is 2.38. The summed E-state index contributed by atoms with van der Waals surface area (Å²) in [7, 11) is 2.18. The number of carboxylic acids is 1. The maximum Gasteiger partial charge on any atom is 0.303 e. The molecule has 2 rings (SSSR count). The van der Waals surface area contributed by atoms with E-state index in [-0.39, 0.29) is 12.3 Å². The Hall–Kier alpha value is -1.35. The molecule has 1 saturated heterocycles. The van der Waals surface area contributed by atoms with Crippen LogP contribution in [-0.2, 0) is 4.79 Å². The van der Waals surface area contributed by atoms with Crippen LogP contribution in [0.15, 0.2) is 24.3 Å². The molecule has 0 saturated carbocycles. The Balaban J connectivity index is 2.03. The molecule has 19 heavy (non-hydrogen) atoms. The van der Waals surface area contributed by atoms with E-state index in [2.05, 4.69) is 36.2 Å². The molecule has 1 heterocycles. The van der Waals surface area contributed by atoms with Crippen LogP contribution >= 0.6 is 0 Å². The van der Waals surface area contributed by atoms with Crippen LogP contribution in [0.4, 0.5) is 0 Å². The molecule has 104 valence electrons. The van der Waals surface area contributed by atoms with Crippen molar-refractivity contribution in [3.63, 3.8) is 0 Å². The number of carboxylic acid groups (broad SMARTS) is 1. The number of rotatable bonds is 4. The number of likely N-dealkylation sites (N-methyl/N-ethyl adjacent to an activating group) is 1. The second-order valence-corrected chi connectivity index (χ2v) is 5.77.